The van der Waals surface area contributed by atoms with Crippen molar-refractivity contribution in [1.82, 2.24) is 4.98 Å². The van der Waals surface area contributed by atoms with Gasteiger partial charge in [-0.15, -0.1) is 0 Å². The third-order valence-corrected chi connectivity index (χ3v) is 3.20. The Bertz CT molecular complexity index is 527. The number of benzene rings is 1. The molecule has 96 valence electrons. The van der Waals surface area contributed by atoms with Crippen LogP contribution in [0, 0.1) is 0 Å². The van der Waals surface area contributed by atoms with Gasteiger partial charge in [0, 0.05) is 28.0 Å². The van der Waals surface area contributed by atoms with Gasteiger partial charge in [0.15, 0.2) is 0 Å². The lowest BCUT2D eigenvalue weighted by atomic mass is 10.1. The van der Waals surface area contributed by atoms with Gasteiger partial charge >= 0.3 is 0 Å². The Morgan fingerprint density at radius 3 is 3.00 bits per heavy atom. The van der Waals surface area contributed by atoms with Gasteiger partial charge in [0.1, 0.15) is 0 Å². The van der Waals surface area contributed by atoms with Crippen LogP contribution in [0.3, 0.4) is 0 Å². The van der Waals surface area contributed by atoms with Crippen LogP contribution in [0.5, 0.6) is 0 Å². The van der Waals surface area contributed by atoms with Gasteiger partial charge in [-0.25, -0.2) is 0 Å². The fourth-order valence-electron chi connectivity index (χ4n) is 2.02. The van der Waals surface area contributed by atoms with Gasteiger partial charge in [-0.3, -0.25) is 4.98 Å². The third-order valence-electron chi connectivity index (χ3n) is 2.96. The molecule has 0 saturated heterocycles. The maximum Gasteiger partial charge on any atom is 0.0608 e. The zero-order chi connectivity index (χ0) is 13.0. The smallest absolute Gasteiger partial charge is 0.0608 e. The van der Waals surface area contributed by atoms with Crippen molar-refractivity contribution in [1.29, 1.82) is 0 Å². The summed E-state index contributed by atoms with van der Waals surface area (Å²) in [7, 11) is 0. The molecular weight excluding hydrogens is 246 g/mol. The molecule has 1 heterocycles. The molecule has 2 rings (SSSR count). The highest BCUT2D eigenvalue weighted by Crippen LogP contribution is 2.25. The highest BCUT2D eigenvalue weighted by Gasteiger charge is 2.06. The maximum absolute atomic E-state index is 5.98. The number of hydrogen-bond donors (Lipinski definition) is 2. The van der Waals surface area contributed by atoms with E-state index in [2.05, 4.69) is 17.2 Å². The highest BCUT2D eigenvalue weighted by atomic mass is 35.5. The first-order valence-corrected chi connectivity index (χ1v) is 6.58. The normalized spacial score (nSPS) is 12.6. The van der Waals surface area contributed by atoms with E-state index < -0.39 is 0 Å². The van der Waals surface area contributed by atoms with E-state index in [-0.39, 0.29) is 0 Å². The molecule has 3 nitrogen and oxygen atoms in total. The summed E-state index contributed by atoms with van der Waals surface area (Å²) in [4.78, 5) is 4.24. The van der Waals surface area contributed by atoms with Crippen molar-refractivity contribution >= 4 is 28.1 Å². The molecule has 1 aromatic carbocycles. The van der Waals surface area contributed by atoms with Crippen molar-refractivity contribution < 1.29 is 0 Å². The predicted molar refractivity (Wildman–Crippen MR) is 78.1 cm³/mol. The van der Waals surface area contributed by atoms with Crippen LogP contribution in [0.4, 0.5) is 5.69 Å². The lowest BCUT2D eigenvalue weighted by molar-refractivity contribution is 0.663. The van der Waals surface area contributed by atoms with Crippen molar-refractivity contribution in [2.24, 2.45) is 5.73 Å². The first kappa shape index (κ1) is 13.1. The van der Waals surface area contributed by atoms with Crippen molar-refractivity contribution in [3.05, 3.63) is 35.6 Å². The van der Waals surface area contributed by atoms with E-state index in [0.717, 1.165) is 40.9 Å². The van der Waals surface area contributed by atoms with Crippen molar-refractivity contribution in [2.75, 3.05) is 11.9 Å². The minimum atomic E-state index is 0.386. The second-order valence-corrected chi connectivity index (χ2v) is 4.97. The summed E-state index contributed by atoms with van der Waals surface area (Å²) < 4.78 is 0. The number of pyridine rings is 1. The summed E-state index contributed by atoms with van der Waals surface area (Å²) in [6.07, 6.45) is 5.77. The van der Waals surface area contributed by atoms with E-state index in [9.17, 15) is 0 Å². The van der Waals surface area contributed by atoms with E-state index in [0.29, 0.717) is 6.04 Å². The molecule has 0 fully saturated rings. The molecule has 0 amide bonds. The van der Waals surface area contributed by atoms with Gasteiger partial charge in [0.2, 0.25) is 0 Å². The third kappa shape index (κ3) is 3.12. The zero-order valence-electron chi connectivity index (χ0n) is 10.5. The second kappa shape index (κ2) is 6.03. The fourth-order valence-corrected chi connectivity index (χ4v) is 2.20. The molecule has 1 atom stereocenters. The van der Waals surface area contributed by atoms with Gasteiger partial charge in [-0.1, -0.05) is 17.7 Å². The topological polar surface area (TPSA) is 50.9 Å². The monoisotopic (exact) mass is 263 g/mol. The number of nitrogens with one attached hydrogen (secondary N) is 1. The molecule has 0 radical (unpaired) electrons. The van der Waals surface area contributed by atoms with E-state index >= 15 is 0 Å². The highest BCUT2D eigenvalue weighted by molar-refractivity contribution is 6.31. The number of rotatable bonds is 5. The van der Waals surface area contributed by atoms with Gasteiger partial charge in [-0.2, -0.15) is 0 Å². The predicted octanol–water partition coefficient (Wildman–Crippen LogP) is 3.43. The summed E-state index contributed by atoms with van der Waals surface area (Å²) in [6.45, 7) is 2.89. The van der Waals surface area contributed by atoms with Crippen LogP contribution in [0.15, 0.2) is 30.6 Å². The number of halogens is 1. The van der Waals surface area contributed by atoms with Gasteiger partial charge in [-0.05, 0) is 38.4 Å². The SMILES string of the molecule is CC(CCCN)Nc1cncc2cc(Cl)ccc12. The van der Waals surface area contributed by atoms with E-state index in [1.54, 1.807) is 0 Å². The summed E-state index contributed by atoms with van der Waals surface area (Å²) in [5, 5.41) is 6.41. The molecule has 2 aromatic rings. The fraction of sp³-hybridized carbons (Fsp3) is 0.357. The molecular formula is C14H18ClN3. The maximum atomic E-state index is 5.98. The number of aromatic nitrogens is 1. The van der Waals surface area contributed by atoms with Crippen LogP contribution in [0.2, 0.25) is 5.02 Å². The molecule has 0 aliphatic heterocycles. The van der Waals surface area contributed by atoms with E-state index in [1.165, 1.54) is 0 Å². The average molecular weight is 264 g/mol. The molecule has 18 heavy (non-hydrogen) atoms. The molecule has 0 aliphatic carbocycles. The Balaban J connectivity index is 2.22. The Hall–Kier alpha value is -1.32. The summed E-state index contributed by atoms with van der Waals surface area (Å²) in [6, 6.07) is 6.24. The number of fused-ring (bicyclic) bond motifs is 1. The van der Waals surface area contributed by atoms with Crippen LogP contribution in [0.25, 0.3) is 10.8 Å². The molecule has 4 heteroatoms. The summed E-state index contributed by atoms with van der Waals surface area (Å²) in [5.74, 6) is 0. The Morgan fingerprint density at radius 1 is 1.39 bits per heavy atom. The molecule has 1 aromatic heterocycles. The minimum Gasteiger partial charge on any atom is -0.381 e. The van der Waals surface area contributed by atoms with E-state index in [1.807, 2.05) is 30.6 Å². The minimum absolute atomic E-state index is 0.386. The molecule has 0 aliphatic rings. The first-order chi connectivity index (χ1) is 8.70. The van der Waals surface area contributed by atoms with Gasteiger partial charge in [0.25, 0.3) is 0 Å². The lowest BCUT2D eigenvalue weighted by Gasteiger charge is -2.16. The Morgan fingerprint density at radius 2 is 2.22 bits per heavy atom. The Labute approximate surface area is 112 Å². The molecule has 0 spiro atoms. The zero-order valence-corrected chi connectivity index (χ0v) is 11.2. The first-order valence-electron chi connectivity index (χ1n) is 6.20. The molecule has 3 N–H and O–H groups in total. The van der Waals surface area contributed by atoms with Crippen LogP contribution in [-0.4, -0.2) is 17.6 Å². The van der Waals surface area contributed by atoms with Crippen LogP contribution < -0.4 is 11.1 Å². The molecule has 0 bridgehead atoms. The standard InChI is InChI=1S/C14H18ClN3/c1-10(3-2-6-16)18-14-9-17-8-11-7-12(15)4-5-13(11)14/h4-5,7-10,18H,2-3,6,16H2,1H3. The van der Waals surface area contributed by atoms with Crippen LogP contribution >= 0.6 is 11.6 Å². The molecule has 0 saturated carbocycles. The van der Waals surface area contributed by atoms with Gasteiger partial charge in [0.05, 0.1) is 11.9 Å². The second-order valence-electron chi connectivity index (χ2n) is 4.53. The quantitative estimate of drug-likeness (QED) is 0.869. The summed E-state index contributed by atoms with van der Waals surface area (Å²) in [5.41, 5.74) is 6.57. The number of nitrogens with zero attached hydrogens (tertiary/aromatic N) is 1. The average Bonchev–Trinajstić information content (AvgIpc) is 2.36. The summed E-state index contributed by atoms with van der Waals surface area (Å²) >= 11 is 5.98. The number of anilines is 1. The van der Waals surface area contributed by atoms with Crippen molar-refractivity contribution in [3.8, 4) is 0 Å². The van der Waals surface area contributed by atoms with Crippen LogP contribution in [0.1, 0.15) is 19.8 Å². The van der Waals surface area contributed by atoms with Gasteiger partial charge < -0.3 is 11.1 Å². The largest absolute Gasteiger partial charge is 0.381 e. The number of nitrogens with two attached hydrogens (primary N) is 1. The van der Waals surface area contributed by atoms with Crippen LogP contribution in [-0.2, 0) is 0 Å². The van der Waals surface area contributed by atoms with Crippen molar-refractivity contribution in [2.45, 2.75) is 25.8 Å². The van der Waals surface area contributed by atoms with Crippen molar-refractivity contribution in [3.63, 3.8) is 0 Å². The Kier molecular flexibility index (Phi) is 4.39. The molecule has 1 unspecified atom stereocenters. The van der Waals surface area contributed by atoms with E-state index in [4.69, 9.17) is 17.3 Å². The lowest BCUT2D eigenvalue weighted by Crippen LogP contribution is -2.17. The number of hydrogen-bond acceptors (Lipinski definition) is 3.